The molecule has 2 N–H and O–H groups in total. The Morgan fingerprint density at radius 3 is 2.80 bits per heavy atom. The normalized spacial score (nSPS) is 22.1. The van der Waals surface area contributed by atoms with E-state index in [1.54, 1.807) is 0 Å². The summed E-state index contributed by atoms with van der Waals surface area (Å²) in [5.74, 6) is 2.04. The number of amides is 2. The summed E-state index contributed by atoms with van der Waals surface area (Å²) in [7, 11) is 0. The molecular formula is C15H24N2O3. The van der Waals surface area contributed by atoms with Crippen LogP contribution in [0.3, 0.4) is 0 Å². The van der Waals surface area contributed by atoms with E-state index in [1.807, 2.05) is 0 Å². The van der Waals surface area contributed by atoms with Gasteiger partial charge in [-0.3, -0.25) is 0 Å². The van der Waals surface area contributed by atoms with Crippen molar-refractivity contribution in [3.8, 4) is 12.3 Å². The second-order valence-corrected chi connectivity index (χ2v) is 5.24. The van der Waals surface area contributed by atoms with Gasteiger partial charge in [-0.15, -0.1) is 12.3 Å². The van der Waals surface area contributed by atoms with E-state index in [4.69, 9.17) is 6.42 Å². The lowest BCUT2D eigenvalue weighted by Gasteiger charge is -2.36. The van der Waals surface area contributed by atoms with Crippen LogP contribution in [0.25, 0.3) is 0 Å². The van der Waals surface area contributed by atoms with E-state index in [0.717, 1.165) is 25.7 Å². The van der Waals surface area contributed by atoms with Crippen LogP contribution >= 0.6 is 0 Å². The summed E-state index contributed by atoms with van der Waals surface area (Å²) in [6, 6.07) is -0.966. The van der Waals surface area contributed by atoms with Crippen molar-refractivity contribution in [1.29, 1.82) is 0 Å². The number of unbranched alkanes of at least 4 members (excludes halogenated alkanes) is 2. The number of aliphatic carboxylic acids is 1. The predicted octanol–water partition coefficient (Wildman–Crippen LogP) is 2.07. The summed E-state index contributed by atoms with van der Waals surface area (Å²) < 4.78 is 0. The molecule has 0 saturated carbocycles. The standard InChI is InChI=1S/C15H24N2O3/c1-3-5-6-7-9-16-15(20)17-10-8-12(4-2)11-13(17)14(18)19/h1,12-13H,4-11H2,2H3,(H,16,20)(H,18,19). The van der Waals surface area contributed by atoms with Crippen molar-refractivity contribution >= 4 is 12.0 Å². The average Bonchev–Trinajstić information content (AvgIpc) is 2.46. The number of nitrogens with one attached hydrogen (secondary N) is 1. The van der Waals surface area contributed by atoms with Crippen molar-refractivity contribution in [3.05, 3.63) is 0 Å². The molecule has 0 aliphatic carbocycles. The topological polar surface area (TPSA) is 69.6 Å². The van der Waals surface area contributed by atoms with E-state index in [2.05, 4.69) is 18.2 Å². The van der Waals surface area contributed by atoms with Crippen molar-refractivity contribution in [1.82, 2.24) is 10.2 Å². The van der Waals surface area contributed by atoms with Crippen molar-refractivity contribution < 1.29 is 14.7 Å². The quantitative estimate of drug-likeness (QED) is 0.578. The molecule has 112 valence electrons. The highest BCUT2D eigenvalue weighted by molar-refractivity contribution is 5.82. The third-order valence-electron chi connectivity index (χ3n) is 3.86. The molecule has 0 aromatic heterocycles. The van der Waals surface area contributed by atoms with E-state index < -0.39 is 12.0 Å². The largest absolute Gasteiger partial charge is 0.480 e. The van der Waals surface area contributed by atoms with Crippen molar-refractivity contribution in [2.75, 3.05) is 13.1 Å². The number of carbonyl (C=O) groups is 2. The second-order valence-electron chi connectivity index (χ2n) is 5.24. The monoisotopic (exact) mass is 280 g/mol. The van der Waals surface area contributed by atoms with E-state index in [9.17, 15) is 14.7 Å². The van der Waals surface area contributed by atoms with Gasteiger partial charge in [-0.2, -0.15) is 0 Å². The number of carboxylic acids is 1. The lowest BCUT2D eigenvalue weighted by atomic mass is 9.89. The Kier molecular flexibility index (Phi) is 6.92. The summed E-state index contributed by atoms with van der Waals surface area (Å²) in [5.41, 5.74) is 0. The van der Waals surface area contributed by atoms with Crippen molar-refractivity contribution in [2.24, 2.45) is 5.92 Å². The zero-order chi connectivity index (χ0) is 15.0. The SMILES string of the molecule is C#CCCCCNC(=O)N1CCC(CC)CC1C(=O)O. The van der Waals surface area contributed by atoms with E-state index in [-0.39, 0.29) is 6.03 Å². The molecule has 1 saturated heterocycles. The minimum atomic E-state index is -0.911. The number of rotatable bonds is 6. The fraction of sp³-hybridized carbons (Fsp3) is 0.733. The van der Waals surface area contributed by atoms with Gasteiger partial charge in [0.15, 0.2) is 0 Å². The molecule has 0 spiro atoms. The Bertz CT molecular complexity index is 376. The lowest BCUT2D eigenvalue weighted by Crippen LogP contribution is -2.53. The van der Waals surface area contributed by atoms with Gasteiger partial charge in [0, 0.05) is 19.5 Å². The van der Waals surface area contributed by atoms with Gasteiger partial charge in [-0.05, 0) is 31.6 Å². The number of likely N-dealkylation sites (tertiary alicyclic amines) is 1. The molecule has 1 heterocycles. The molecule has 2 amide bonds. The molecule has 0 aromatic carbocycles. The highest BCUT2D eigenvalue weighted by Crippen LogP contribution is 2.25. The Morgan fingerprint density at radius 1 is 1.45 bits per heavy atom. The zero-order valence-electron chi connectivity index (χ0n) is 12.1. The number of piperidine rings is 1. The Labute approximate surface area is 120 Å². The van der Waals surface area contributed by atoms with Crippen LogP contribution in [-0.2, 0) is 4.79 Å². The average molecular weight is 280 g/mol. The Morgan fingerprint density at radius 2 is 2.20 bits per heavy atom. The second kappa shape index (κ2) is 8.47. The number of terminal acetylenes is 1. The number of nitrogens with zero attached hydrogens (tertiary/aromatic N) is 1. The number of carbonyl (C=O) groups excluding carboxylic acids is 1. The fourth-order valence-corrected chi connectivity index (χ4v) is 2.54. The minimum absolute atomic E-state index is 0.271. The van der Waals surface area contributed by atoms with Crippen LogP contribution in [0.1, 0.15) is 45.4 Å². The minimum Gasteiger partial charge on any atom is -0.480 e. The van der Waals surface area contributed by atoms with Crippen molar-refractivity contribution in [2.45, 2.75) is 51.5 Å². The molecule has 1 rings (SSSR count). The van der Waals surface area contributed by atoms with Crippen LogP contribution in [0.4, 0.5) is 4.79 Å². The van der Waals surface area contributed by atoms with E-state index in [0.29, 0.717) is 31.8 Å². The van der Waals surface area contributed by atoms with Crippen LogP contribution in [-0.4, -0.2) is 41.1 Å². The lowest BCUT2D eigenvalue weighted by molar-refractivity contribution is -0.144. The summed E-state index contributed by atoms with van der Waals surface area (Å²) >= 11 is 0. The Hall–Kier alpha value is -1.70. The maximum atomic E-state index is 12.1. The third-order valence-corrected chi connectivity index (χ3v) is 3.86. The van der Waals surface area contributed by atoms with Crippen LogP contribution in [0.5, 0.6) is 0 Å². The molecule has 2 atom stereocenters. The summed E-state index contributed by atoms with van der Waals surface area (Å²) in [6.07, 6.45) is 9.94. The maximum Gasteiger partial charge on any atom is 0.326 e. The molecule has 1 aliphatic rings. The number of urea groups is 1. The summed E-state index contributed by atoms with van der Waals surface area (Å²) in [5, 5.41) is 12.1. The molecule has 0 bridgehead atoms. The van der Waals surface area contributed by atoms with E-state index >= 15 is 0 Å². The number of hydrogen-bond donors (Lipinski definition) is 2. The van der Waals surface area contributed by atoms with Crippen LogP contribution in [0.2, 0.25) is 0 Å². The fourth-order valence-electron chi connectivity index (χ4n) is 2.54. The molecular weight excluding hydrogens is 256 g/mol. The van der Waals surface area contributed by atoms with Crippen LogP contribution < -0.4 is 5.32 Å². The Balaban J connectivity index is 2.44. The highest BCUT2D eigenvalue weighted by atomic mass is 16.4. The summed E-state index contributed by atoms with van der Waals surface area (Å²) in [6.45, 7) is 3.12. The van der Waals surface area contributed by atoms with Gasteiger partial charge in [-0.1, -0.05) is 13.3 Å². The first kappa shape index (κ1) is 16.4. The molecule has 0 aromatic rings. The molecule has 5 nitrogen and oxygen atoms in total. The first-order valence-corrected chi connectivity index (χ1v) is 7.30. The maximum absolute atomic E-state index is 12.1. The smallest absolute Gasteiger partial charge is 0.326 e. The number of hydrogen-bond acceptors (Lipinski definition) is 2. The molecule has 20 heavy (non-hydrogen) atoms. The van der Waals surface area contributed by atoms with E-state index in [1.165, 1.54) is 4.90 Å². The third kappa shape index (κ3) is 4.76. The molecule has 1 fully saturated rings. The van der Waals surface area contributed by atoms with Crippen molar-refractivity contribution in [3.63, 3.8) is 0 Å². The molecule has 2 unspecified atom stereocenters. The van der Waals surface area contributed by atoms with Gasteiger partial charge in [0.1, 0.15) is 6.04 Å². The van der Waals surface area contributed by atoms with Gasteiger partial charge < -0.3 is 15.3 Å². The first-order valence-electron chi connectivity index (χ1n) is 7.30. The summed E-state index contributed by atoms with van der Waals surface area (Å²) in [4.78, 5) is 24.8. The molecule has 1 aliphatic heterocycles. The zero-order valence-corrected chi connectivity index (χ0v) is 12.1. The first-order chi connectivity index (χ1) is 9.60. The molecule has 0 radical (unpaired) electrons. The predicted molar refractivity (Wildman–Crippen MR) is 77.2 cm³/mol. The van der Waals surface area contributed by atoms with Crippen LogP contribution in [0, 0.1) is 18.3 Å². The highest BCUT2D eigenvalue weighted by Gasteiger charge is 2.35. The van der Waals surface area contributed by atoms with Gasteiger partial charge in [0.2, 0.25) is 0 Å². The van der Waals surface area contributed by atoms with Gasteiger partial charge in [0.05, 0.1) is 0 Å². The molecule has 5 heteroatoms. The van der Waals surface area contributed by atoms with Gasteiger partial charge in [0.25, 0.3) is 0 Å². The van der Waals surface area contributed by atoms with Gasteiger partial charge >= 0.3 is 12.0 Å². The number of carboxylic acid groups (broad SMARTS) is 1. The van der Waals surface area contributed by atoms with Gasteiger partial charge in [-0.25, -0.2) is 9.59 Å². The van der Waals surface area contributed by atoms with Crippen LogP contribution in [0.15, 0.2) is 0 Å².